The number of anilines is 1. The van der Waals surface area contributed by atoms with Gasteiger partial charge in [-0.1, -0.05) is 6.07 Å². The van der Waals surface area contributed by atoms with Crippen LogP contribution in [-0.2, 0) is 0 Å². The van der Waals surface area contributed by atoms with Gasteiger partial charge in [0, 0.05) is 24.7 Å². The lowest BCUT2D eigenvalue weighted by Crippen LogP contribution is -2.09. The summed E-state index contributed by atoms with van der Waals surface area (Å²) in [4.78, 5) is 4.27. The summed E-state index contributed by atoms with van der Waals surface area (Å²) < 4.78 is 16.6. The number of nitrogens with zero attached hydrogens (tertiary/aromatic N) is 1. The van der Waals surface area contributed by atoms with Gasteiger partial charge >= 0.3 is 0 Å². The minimum absolute atomic E-state index is 0.442. The van der Waals surface area contributed by atoms with Crippen molar-refractivity contribution in [1.82, 2.24) is 4.98 Å². The van der Waals surface area contributed by atoms with Crippen LogP contribution in [0.5, 0.6) is 11.5 Å². The van der Waals surface area contributed by atoms with E-state index in [1.54, 1.807) is 6.07 Å². The van der Waals surface area contributed by atoms with Crippen LogP contribution in [0.3, 0.4) is 0 Å². The van der Waals surface area contributed by atoms with E-state index < -0.39 is 0 Å². The van der Waals surface area contributed by atoms with Crippen LogP contribution in [0.1, 0.15) is 5.89 Å². The lowest BCUT2D eigenvalue weighted by molar-refractivity contribution is 0.217. The van der Waals surface area contributed by atoms with Gasteiger partial charge < -0.3 is 19.6 Å². The van der Waals surface area contributed by atoms with Gasteiger partial charge in [0.15, 0.2) is 11.5 Å². The van der Waals surface area contributed by atoms with Crippen LogP contribution in [0.15, 0.2) is 46.9 Å². The third-order valence-electron chi connectivity index (χ3n) is 2.94. The van der Waals surface area contributed by atoms with Gasteiger partial charge in [-0.25, -0.2) is 4.98 Å². The predicted molar refractivity (Wildman–Crippen MR) is 80.6 cm³/mol. The van der Waals surface area contributed by atoms with Crippen molar-refractivity contribution in [2.75, 3.05) is 18.9 Å². The number of nitrogen functional groups attached to an aromatic ring is 1. The van der Waals surface area contributed by atoms with Crippen molar-refractivity contribution in [2.24, 2.45) is 0 Å². The van der Waals surface area contributed by atoms with Gasteiger partial charge in [-0.15, -0.1) is 0 Å². The molecule has 0 radical (unpaired) electrons. The van der Waals surface area contributed by atoms with Crippen LogP contribution in [0.4, 0.5) is 5.69 Å². The van der Waals surface area contributed by atoms with Crippen molar-refractivity contribution in [2.45, 2.75) is 6.92 Å². The highest BCUT2D eigenvalue weighted by molar-refractivity contribution is 5.74. The first kappa shape index (κ1) is 13.3. The quantitative estimate of drug-likeness (QED) is 0.575. The van der Waals surface area contributed by atoms with E-state index >= 15 is 0 Å². The molecule has 3 rings (SSSR count). The Labute approximate surface area is 122 Å². The average Bonchev–Trinajstić information content (AvgIpc) is 2.83. The fourth-order valence-electron chi connectivity index (χ4n) is 2.04. The van der Waals surface area contributed by atoms with E-state index in [2.05, 4.69) is 4.98 Å². The Balaban J connectivity index is 1.54. The van der Waals surface area contributed by atoms with Gasteiger partial charge in [-0.3, -0.25) is 0 Å². The van der Waals surface area contributed by atoms with Gasteiger partial charge in [0.25, 0.3) is 0 Å². The van der Waals surface area contributed by atoms with Crippen LogP contribution in [0, 0.1) is 6.92 Å². The van der Waals surface area contributed by atoms with Crippen molar-refractivity contribution in [3.63, 3.8) is 0 Å². The Kier molecular flexibility index (Phi) is 3.64. The first-order chi connectivity index (χ1) is 10.2. The third kappa shape index (κ3) is 3.25. The lowest BCUT2D eigenvalue weighted by Gasteiger charge is -2.08. The van der Waals surface area contributed by atoms with E-state index in [9.17, 15) is 0 Å². The van der Waals surface area contributed by atoms with Crippen molar-refractivity contribution in [3.8, 4) is 11.5 Å². The highest BCUT2D eigenvalue weighted by atomic mass is 16.5. The predicted octanol–water partition coefficient (Wildman–Crippen LogP) is 3.18. The van der Waals surface area contributed by atoms with Crippen LogP contribution >= 0.6 is 0 Å². The average molecular weight is 284 g/mol. The summed E-state index contributed by atoms with van der Waals surface area (Å²) in [6.07, 6.45) is 0. The zero-order valence-electron chi connectivity index (χ0n) is 11.7. The minimum atomic E-state index is 0.442. The Morgan fingerprint density at radius 1 is 1.05 bits per heavy atom. The van der Waals surface area contributed by atoms with Crippen LogP contribution in [0.2, 0.25) is 0 Å². The maximum Gasteiger partial charge on any atom is 0.192 e. The number of ether oxygens (including phenoxy) is 2. The summed E-state index contributed by atoms with van der Waals surface area (Å²) in [5.41, 5.74) is 7.92. The molecule has 0 spiro atoms. The fraction of sp³-hybridized carbons (Fsp3) is 0.188. The first-order valence-electron chi connectivity index (χ1n) is 6.69. The summed E-state index contributed by atoms with van der Waals surface area (Å²) in [5.74, 6) is 2.13. The number of benzene rings is 2. The second kappa shape index (κ2) is 5.75. The number of aryl methyl sites for hydroxylation is 1. The lowest BCUT2D eigenvalue weighted by atomic mass is 10.3. The molecular formula is C16H16N2O3. The molecule has 0 aliphatic carbocycles. The van der Waals surface area contributed by atoms with E-state index in [4.69, 9.17) is 19.6 Å². The standard InChI is InChI=1S/C16H16N2O3/c1-11-18-15-10-14(5-6-16(15)21-11)20-8-7-19-13-4-2-3-12(17)9-13/h2-6,9-10H,7-8,17H2,1H3. The van der Waals surface area contributed by atoms with Gasteiger partial charge in [0.1, 0.15) is 30.2 Å². The Hall–Kier alpha value is -2.69. The largest absolute Gasteiger partial charge is 0.490 e. The van der Waals surface area contributed by atoms with Gasteiger partial charge in [-0.05, 0) is 24.3 Å². The highest BCUT2D eigenvalue weighted by Gasteiger charge is 2.04. The molecule has 0 aliphatic rings. The van der Waals surface area contributed by atoms with Crippen molar-refractivity contribution in [3.05, 3.63) is 48.4 Å². The topological polar surface area (TPSA) is 70.5 Å². The second-order valence-corrected chi connectivity index (χ2v) is 4.63. The smallest absolute Gasteiger partial charge is 0.192 e. The van der Waals surface area contributed by atoms with Gasteiger partial charge in [0.2, 0.25) is 0 Å². The molecule has 0 amide bonds. The molecule has 0 saturated carbocycles. The van der Waals surface area contributed by atoms with Crippen molar-refractivity contribution < 1.29 is 13.9 Å². The zero-order chi connectivity index (χ0) is 14.7. The highest BCUT2D eigenvalue weighted by Crippen LogP contribution is 2.21. The summed E-state index contributed by atoms with van der Waals surface area (Å²) in [6.45, 7) is 2.70. The third-order valence-corrected chi connectivity index (χ3v) is 2.94. The monoisotopic (exact) mass is 284 g/mol. The number of oxazole rings is 1. The molecule has 108 valence electrons. The van der Waals surface area contributed by atoms with E-state index in [0.29, 0.717) is 24.8 Å². The molecule has 0 unspecified atom stereocenters. The molecule has 1 heterocycles. The van der Waals surface area contributed by atoms with E-state index in [0.717, 1.165) is 22.6 Å². The minimum Gasteiger partial charge on any atom is -0.490 e. The molecule has 5 nitrogen and oxygen atoms in total. The molecule has 5 heteroatoms. The number of hydrogen-bond donors (Lipinski definition) is 1. The van der Waals surface area contributed by atoms with E-state index in [1.165, 1.54) is 0 Å². The molecular weight excluding hydrogens is 268 g/mol. The fourth-order valence-corrected chi connectivity index (χ4v) is 2.04. The Morgan fingerprint density at radius 3 is 2.57 bits per heavy atom. The first-order valence-corrected chi connectivity index (χ1v) is 6.69. The maximum absolute atomic E-state index is 5.68. The van der Waals surface area contributed by atoms with Crippen LogP contribution in [-0.4, -0.2) is 18.2 Å². The summed E-state index contributed by atoms with van der Waals surface area (Å²) in [7, 11) is 0. The molecule has 0 fully saturated rings. The maximum atomic E-state index is 5.68. The second-order valence-electron chi connectivity index (χ2n) is 4.63. The number of hydrogen-bond acceptors (Lipinski definition) is 5. The van der Waals surface area contributed by atoms with Crippen molar-refractivity contribution in [1.29, 1.82) is 0 Å². The summed E-state index contributed by atoms with van der Waals surface area (Å²) in [6, 6.07) is 12.9. The molecule has 2 aromatic carbocycles. The summed E-state index contributed by atoms with van der Waals surface area (Å²) in [5, 5.41) is 0. The van der Waals surface area contributed by atoms with Crippen molar-refractivity contribution >= 4 is 16.8 Å². The van der Waals surface area contributed by atoms with E-state index in [-0.39, 0.29) is 0 Å². The Bertz CT molecular complexity index is 752. The van der Waals surface area contributed by atoms with Crippen LogP contribution < -0.4 is 15.2 Å². The number of aromatic nitrogens is 1. The normalized spacial score (nSPS) is 10.7. The molecule has 0 bridgehead atoms. The van der Waals surface area contributed by atoms with Gasteiger partial charge in [-0.2, -0.15) is 0 Å². The SMILES string of the molecule is Cc1nc2cc(OCCOc3cccc(N)c3)ccc2o1. The Morgan fingerprint density at radius 2 is 1.81 bits per heavy atom. The molecule has 0 atom stereocenters. The number of rotatable bonds is 5. The molecule has 21 heavy (non-hydrogen) atoms. The molecule has 1 aromatic heterocycles. The molecule has 2 N–H and O–H groups in total. The van der Waals surface area contributed by atoms with Crippen LogP contribution in [0.25, 0.3) is 11.1 Å². The zero-order valence-corrected chi connectivity index (χ0v) is 11.7. The number of fused-ring (bicyclic) bond motifs is 1. The van der Waals surface area contributed by atoms with Gasteiger partial charge in [0.05, 0.1) is 0 Å². The summed E-state index contributed by atoms with van der Waals surface area (Å²) >= 11 is 0. The van der Waals surface area contributed by atoms with E-state index in [1.807, 2.05) is 43.3 Å². The molecule has 0 aliphatic heterocycles. The molecule has 0 saturated heterocycles. The molecule has 3 aromatic rings. The number of nitrogens with two attached hydrogens (primary N) is 1.